The van der Waals surface area contributed by atoms with Gasteiger partial charge in [0.05, 0.1) is 24.4 Å². The van der Waals surface area contributed by atoms with Crippen molar-refractivity contribution < 1.29 is 30.6 Å². The Morgan fingerprint density at radius 1 is 0.897 bits per heavy atom. The molecule has 0 spiro atoms. The number of hydrogen-bond donors (Lipinski definition) is 6. The van der Waals surface area contributed by atoms with Crippen molar-refractivity contribution in [3.63, 3.8) is 0 Å². The third-order valence-electron chi connectivity index (χ3n) is 5.09. The highest BCUT2D eigenvalue weighted by atomic mass is 32.2. The SMILES string of the molecule is C=C(O)/C1=C(\C(=C)O)C(O)CSC2C(O)C(C)/C=C\C=C/CC(O)C2SCC1O. The molecule has 2 rings (SSSR count). The highest BCUT2D eigenvalue weighted by Crippen LogP contribution is 2.38. The molecule has 0 fully saturated rings. The predicted molar refractivity (Wildman–Crippen MR) is 119 cm³/mol. The van der Waals surface area contributed by atoms with Gasteiger partial charge in [-0.25, -0.2) is 0 Å². The van der Waals surface area contributed by atoms with Crippen LogP contribution in [-0.4, -0.2) is 77.1 Å². The fourth-order valence-corrected chi connectivity index (χ4v) is 6.64. The summed E-state index contributed by atoms with van der Waals surface area (Å²) in [5.41, 5.74) is -0.134. The second-order valence-electron chi connectivity index (χ2n) is 7.31. The Hall–Kier alpha value is -1.16. The van der Waals surface area contributed by atoms with Gasteiger partial charge in [-0.1, -0.05) is 44.4 Å². The van der Waals surface area contributed by atoms with Crippen molar-refractivity contribution in [3.05, 3.63) is 60.1 Å². The first-order valence-electron chi connectivity index (χ1n) is 9.44. The molecule has 0 saturated carbocycles. The van der Waals surface area contributed by atoms with E-state index in [9.17, 15) is 30.6 Å². The van der Waals surface area contributed by atoms with Crippen LogP contribution in [0.5, 0.6) is 0 Å². The summed E-state index contributed by atoms with van der Waals surface area (Å²) in [5.74, 6) is -0.977. The third-order valence-corrected chi connectivity index (χ3v) is 8.23. The van der Waals surface area contributed by atoms with Crippen LogP contribution >= 0.6 is 23.5 Å². The van der Waals surface area contributed by atoms with E-state index in [0.29, 0.717) is 6.42 Å². The predicted octanol–water partition coefficient (Wildman–Crippen LogP) is 2.24. The van der Waals surface area contributed by atoms with Gasteiger partial charge in [0.1, 0.15) is 11.5 Å². The number of aliphatic hydroxyl groups is 6. The van der Waals surface area contributed by atoms with Gasteiger partial charge in [0.15, 0.2) is 0 Å². The van der Waals surface area contributed by atoms with E-state index < -0.39 is 46.4 Å². The largest absolute Gasteiger partial charge is 0.508 e. The highest BCUT2D eigenvalue weighted by Gasteiger charge is 2.39. The molecule has 0 amide bonds. The molecule has 162 valence electrons. The van der Waals surface area contributed by atoms with Crippen LogP contribution < -0.4 is 0 Å². The molecule has 1 heterocycles. The lowest BCUT2D eigenvalue weighted by molar-refractivity contribution is 0.104. The van der Waals surface area contributed by atoms with Gasteiger partial charge >= 0.3 is 0 Å². The molecule has 0 radical (unpaired) electrons. The van der Waals surface area contributed by atoms with E-state index in [1.807, 2.05) is 31.2 Å². The molecule has 8 heteroatoms. The average molecular weight is 443 g/mol. The second kappa shape index (κ2) is 10.7. The van der Waals surface area contributed by atoms with Crippen LogP contribution in [0.4, 0.5) is 0 Å². The van der Waals surface area contributed by atoms with Gasteiger partial charge in [-0.05, 0) is 6.42 Å². The lowest BCUT2D eigenvalue weighted by Crippen LogP contribution is -2.45. The van der Waals surface area contributed by atoms with Crippen molar-refractivity contribution in [2.45, 2.75) is 48.3 Å². The maximum absolute atomic E-state index is 11.0. The summed E-state index contributed by atoms with van der Waals surface area (Å²) in [6.07, 6.45) is 3.73. The van der Waals surface area contributed by atoms with Gasteiger partial charge in [-0.3, -0.25) is 0 Å². The van der Waals surface area contributed by atoms with Crippen LogP contribution in [-0.2, 0) is 0 Å². The van der Waals surface area contributed by atoms with E-state index in [2.05, 4.69) is 13.2 Å². The summed E-state index contributed by atoms with van der Waals surface area (Å²) >= 11 is 2.57. The molecule has 7 atom stereocenters. The van der Waals surface area contributed by atoms with Crippen LogP contribution in [0.2, 0.25) is 0 Å². The van der Waals surface area contributed by atoms with E-state index in [-0.39, 0.29) is 28.6 Å². The topological polar surface area (TPSA) is 121 Å². The monoisotopic (exact) mass is 442 g/mol. The Kier molecular flexibility index (Phi) is 8.93. The molecule has 6 nitrogen and oxygen atoms in total. The molecule has 0 aromatic rings. The average Bonchev–Trinajstić information content (AvgIpc) is 2.65. The van der Waals surface area contributed by atoms with Gasteiger partial charge in [-0.2, -0.15) is 23.5 Å². The van der Waals surface area contributed by atoms with Crippen molar-refractivity contribution in [3.8, 4) is 0 Å². The Bertz CT molecular complexity index is 701. The molecule has 0 saturated heterocycles. The van der Waals surface area contributed by atoms with E-state index in [1.54, 1.807) is 0 Å². The number of fused-ring (bicyclic) bond motifs is 1. The first-order chi connectivity index (χ1) is 13.6. The van der Waals surface area contributed by atoms with Crippen molar-refractivity contribution in [1.29, 1.82) is 0 Å². The smallest absolute Gasteiger partial charge is 0.114 e. The van der Waals surface area contributed by atoms with Gasteiger partial charge in [0.25, 0.3) is 0 Å². The van der Waals surface area contributed by atoms with Gasteiger partial charge in [0, 0.05) is 39.1 Å². The normalized spacial score (nSPS) is 41.6. The zero-order chi connectivity index (χ0) is 21.7. The number of allylic oxidation sites excluding steroid dienone is 2. The Balaban J connectivity index is 2.48. The van der Waals surface area contributed by atoms with E-state index in [1.165, 1.54) is 23.5 Å². The molecule has 7 unspecified atom stereocenters. The van der Waals surface area contributed by atoms with Gasteiger partial charge in [0.2, 0.25) is 0 Å². The fourth-order valence-electron chi connectivity index (χ4n) is 3.52. The minimum Gasteiger partial charge on any atom is -0.508 e. The highest BCUT2D eigenvalue weighted by molar-refractivity contribution is 8.03. The molecule has 0 aromatic heterocycles. The zero-order valence-corrected chi connectivity index (χ0v) is 18.0. The van der Waals surface area contributed by atoms with Gasteiger partial charge in [-0.15, -0.1) is 0 Å². The van der Waals surface area contributed by atoms with Crippen molar-refractivity contribution in [1.82, 2.24) is 0 Å². The van der Waals surface area contributed by atoms with Gasteiger partial charge < -0.3 is 30.6 Å². The fraction of sp³-hybridized carbons (Fsp3) is 0.524. The van der Waals surface area contributed by atoms with Crippen molar-refractivity contribution in [2.75, 3.05) is 11.5 Å². The summed E-state index contributed by atoms with van der Waals surface area (Å²) in [6.45, 7) is 8.77. The molecular formula is C21H30O6S2. The summed E-state index contributed by atoms with van der Waals surface area (Å²) in [6, 6.07) is 0. The standard InChI is InChI=1S/C21H30O6S2/c1-11-7-5-4-6-8-14(24)20-21(19(11)27)29-10-16(26)18(13(3)23)17(12(2)22)15(25)9-28-20/h4-7,11,14-16,19-27H,2-3,8-10H2,1H3/b6-4-,7-5-,18-17-. The first-order valence-corrected chi connectivity index (χ1v) is 11.5. The summed E-state index contributed by atoms with van der Waals surface area (Å²) < 4.78 is 0. The molecule has 6 N–H and O–H groups in total. The third kappa shape index (κ3) is 5.93. The maximum Gasteiger partial charge on any atom is 0.114 e. The Morgan fingerprint density at radius 3 is 1.93 bits per heavy atom. The molecular weight excluding hydrogens is 412 g/mol. The minimum absolute atomic E-state index is 0.0657. The van der Waals surface area contributed by atoms with Crippen LogP contribution in [0.3, 0.4) is 0 Å². The number of thioether (sulfide) groups is 2. The second-order valence-corrected chi connectivity index (χ2v) is 9.74. The first kappa shape index (κ1) is 24.1. The Morgan fingerprint density at radius 2 is 1.41 bits per heavy atom. The minimum atomic E-state index is -1.25. The summed E-state index contributed by atoms with van der Waals surface area (Å²) in [7, 11) is 0. The lowest BCUT2D eigenvalue weighted by Gasteiger charge is -2.37. The molecule has 2 aliphatic rings. The number of rotatable bonds is 2. The molecule has 29 heavy (non-hydrogen) atoms. The molecule has 0 bridgehead atoms. The van der Waals surface area contributed by atoms with E-state index in [0.717, 1.165) is 0 Å². The van der Waals surface area contributed by atoms with E-state index >= 15 is 0 Å². The quantitative estimate of drug-likeness (QED) is 0.360. The van der Waals surface area contributed by atoms with E-state index in [4.69, 9.17) is 0 Å². The van der Waals surface area contributed by atoms with Crippen LogP contribution in [0, 0.1) is 5.92 Å². The lowest BCUT2D eigenvalue weighted by atomic mass is 9.95. The Labute approximate surface area is 180 Å². The number of aliphatic hydroxyl groups excluding tert-OH is 6. The van der Waals surface area contributed by atoms with Crippen molar-refractivity contribution in [2.24, 2.45) is 5.92 Å². The van der Waals surface area contributed by atoms with Crippen LogP contribution in [0.15, 0.2) is 60.1 Å². The molecule has 1 aliphatic carbocycles. The summed E-state index contributed by atoms with van der Waals surface area (Å²) in [4.78, 5) is 0. The summed E-state index contributed by atoms with van der Waals surface area (Å²) in [5, 5.41) is 62.2. The molecule has 0 aromatic carbocycles. The number of hydrogen-bond acceptors (Lipinski definition) is 8. The molecule has 1 aliphatic heterocycles. The van der Waals surface area contributed by atoms with Crippen LogP contribution in [0.25, 0.3) is 0 Å². The van der Waals surface area contributed by atoms with Crippen LogP contribution in [0.1, 0.15) is 13.3 Å². The van der Waals surface area contributed by atoms with Crippen molar-refractivity contribution >= 4 is 23.5 Å². The maximum atomic E-state index is 11.0. The zero-order valence-electron chi connectivity index (χ0n) is 16.4.